The van der Waals surface area contributed by atoms with E-state index in [0.29, 0.717) is 45.6 Å². The van der Waals surface area contributed by atoms with Crippen molar-refractivity contribution >= 4 is 56.6 Å². The van der Waals surface area contributed by atoms with Crippen LogP contribution in [-0.4, -0.2) is 35.7 Å². The minimum absolute atomic E-state index is 0.0332. The third kappa shape index (κ3) is 7.64. The van der Waals surface area contributed by atoms with E-state index in [0.717, 1.165) is 15.6 Å². The van der Waals surface area contributed by atoms with Crippen molar-refractivity contribution in [3.05, 3.63) is 138 Å². The molecule has 1 aliphatic heterocycles. The monoisotopic (exact) mass is 722 g/mol. The van der Waals surface area contributed by atoms with E-state index >= 15 is 0 Å². The summed E-state index contributed by atoms with van der Waals surface area (Å²) in [5.41, 5.74) is 16.7. The Hall–Kier alpha value is -4.09. The molecule has 236 valence electrons. The van der Waals surface area contributed by atoms with Gasteiger partial charge >= 0.3 is 0 Å². The van der Waals surface area contributed by atoms with Gasteiger partial charge in [-0.3, -0.25) is 10.2 Å². The lowest BCUT2D eigenvalue weighted by atomic mass is 9.81. The van der Waals surface area contributed by atoms with Crippen molar-refractivity contribution < 1.29 is 19.4 Å². The zero-order chi connectivity index (χ0) is 32.5. The fraction of sp³-hybridized carbons (Fsp3) is 0.212. The molecule has 0 saturated heterocycles. The van der Waals surface area contributed by atoms with Crippen LogP contribution in [0.4, 0.5) is 5.69 Å². The molecule has 13 heteroatoms. The van der Waals surface area contributed by atoms with Gasteiger partial charge in [-0.15, -0.1) is 0 Å². The van der Waals surface area contributed by atoms with Gasteiger partial charge in [-0.1, -0.05) is 92.8 Å². The van der Waals surface area contributed by atoms with Gasteiger partial charge in [0.1, 0.15) is 5.75 Å². The number of hydrazine groups is 1. The molecule has 0 saturated carbocycles. The predicted octanol–water partition coefficient (Wildman–Crippen LogP) is 7.78. The highest BCUT2D eigenvalue weighted by atomic mass is 79.9. The molecule has 1 aliphatic rings. The molecule has 0 bridgehead atoms. The standard InChI is InChI=1S/C33H29BrCl2N6O4/c34-26-8-3-1-6-23(26)19-33(32(44)41-38-20-21-10-15-27(35)28(36)18-21)30(25-7-2-4-9-29(25)40-42-37)46-31(39-33)22-11-13-24(14-12-22)45-17-5-16-43/h1-4,6-15,18,30,38,43H,5,16-17,19-20H2,(H,41,44)/t30-,33-/m0/s1. The summed E-state index contributed by atoms with van der Waals surface area (Å²) in [6, 6.07) is 26.8. The summed E-state index contributed by atoms with van der Waals surface area (Å²) in [7, 11) is 0. The average molecular weight is 724 g/mol. The number of hydrogen-bond acceptors (Lipinski definition) is 7. The molecule has 2 atom stereocenters. The molecule has 0 radical (unpaired) electrons. The Kier molecular flexibility index (Phi) is 11.2. The van der Waals surface area contributed by atoms with Gasteiger partial charge in [0.05, 0.1) is 16.7 Å². The Bertz CT molecular complexity index is 1780. The number of benzene rings is 4. The van der Waals surface area contributed by atoms with Crippen LogP contribution in [0.1, 0.15) is 34.8 Å². The number of amides is 1. The molecule has 10 nitrogen and oxygen atoms in total. The normalized spacial score (nSPS) is 17.0. The Balaban J connectivity index is 1.56. The maximum atomic E-state index is 14.5. The Morgan fingerprint density at radius 2 is 1.83 bits per heavy atom. The third-order valence-electron chi connectivity index (χ3n) is 7.30. The fourth-order valence-electron chi connectivity index (χ4n) is 5.02. The van der Waals surface area contributed by atoms with Crippen LogP contribution in [0.25, 0.3) is 10.4 Å². The van der Waals surface area contributed by atoms with E-state index in [4.69, 9.17) is 42.8 Å². The number of ether oxygens (including phenoxy) is 2. The van der Waals surface area contributed by atoms with Crippen molar-refractivity contribution in [2.45, 2.75) is 31.0 Å². The van der Waals surface area contributed by atoms with Crippen molar-refractivity contribution in [2.75, 3.05) is 13.2 Å². The highest BCUT2D eigenvalue weighted by Gasteiger charge is 2.54. The minimum Gasteiger partial charge on any atom is -0.494 e. The highest BCUT2D eigenvalue weighted by Crippen LogP contribution is 2.46. The van der Waals surface area contributed by atoms with Gasteiger partial charge in [0, 0.05) is 52.2 Å². The third-order valence-corrected chi connectivity index (χ3v) is 8.81. The Labute approximate surface area is 284 Å². The second kappa shape index (κ2) is 15.5. The van der Waals surface area contributed by atoms with Gasteiger partial charge in [0.2, 0.25) is 5.90 Å². The van der Waals surface area contributed by atoms with Gasteiger partial charge < -0.3 is 14.6 Å². The number of carbonyl (C=O) groups excluding carboxylic acids is 1. The number of carbonyl (C=O) groups is 1. The molecule has 4 aromatic carbocycles. The number of aliphatic hydroxyl groups is 1. The van der Waals surface area contributed by atoms with Crippen LogP contribution in [0.5, 0.6) is 5.75 Å². The summed E-state index contributed by atoms with van der Waals surface area (Å²) in [5.74, 6) is 0.377. The van der Waals surface area contributed by atoms with E-state index < -0.39 is 17.6 Å². The maximum absolute atomic E-state index is 14.5. The number of rotatable bonds is 13. The van der Waals surface area contributed by atoms with Crippen molar-refractivity contribution in [3.63, 3.8) is 0 Å². The second-order valence-corrected chi connectivity index (χ2v) is 12.0. The van der Waals surface area contributed by atoms with Crippen molar-refractivity contribution in [2.24, 2.45) is 10.1 Å². The summed E-state index contributed by atoms with van der Waals surface area (Å²) in [6.45, 7) is 0.657. The fourth-order valence-corrected chi connectivity index (χ4v) is 5.77. The maximum Gasteiger partial charge on any atom is 0.266 e. The Morgan fingerprint density at radius 3 is 2.57 bits per heavy atom. The number of halogens is 3. The number of azide groups is 1. The molecular formula is C33H29BrCl2N6O4. The second-order valence-electron chi connectivity index (χ2n) is 10.4. The number of aliphatic imine (C=N–C) groups is 1. The van der Waals surface area contributed by atoms with Crippen LogP contribution in [0, 0.1) is 0 Å². The van der Waals surface area contributed by atoms with Crippen LogP contribution in [0.15, 0.2) is 106 Å². The van der Waals surface area contributed by atoms with E-state index in [-0.39, 0.29) is 25.5 Å². The summed E-state index contributed by atoms with van der Waals surface area (Å²) in [4.78, 5) is 22.5. The summed E-state index contributed by atoms with van der Waals surface area (Å²) in [5, 5.41) is 13.8. The molecule has 3 N–H and O–H groups in total. The number of nitrogens with zero attached hydrogens (tertiary/aromatic N) is 4. The van der Waals surface area contributed by atoms with E-state index in [1.165, 1.54) is 0 Å². The molecule has 0 aliphatic carbocycles. The lowest BCUT2D eigenvalue weighted by molar-refractivity contribution is -0.130. The zero-order valence-corrected chi connectivity index (χ0v) is 27.5. The number of nitrogens with one attached hydrogen (secondary N) is 2. The summed E-state index contributed by atoms with van der Waals surface area (Å²) < 4.78 is 13.0. The van der Waals surface area contributed by atoms with Gasteiger partial charge in [0.15, 0.2) is 11.6 Å². The first-order valence-corrected chi connectivity index (χ1v) is 15.8. The minimum atomic E-state index is -1.55. The van der Waals surface area contributed by atoms with E-state index in [1.807, 2.05) is 24.3 Å². The summed E-state index contributed by atoms with van der Waals surface area (Å²) in [6.07, 6.45) is -0.339. The van der Waals surface area contributed by atoms with Crippen molar-refractivity contribution in [1.82, 2.24) is 10.9 Å². The predicted molar refractivity (Wildman–Crippen MR) is 181 cm³/mol. The van der Waals surface area contributed by atoms with Crippen LogP contribution in [0.3, 0.4) is 0 Å². The first kappa shape index (κ1) is 33.3. The topological polar surface area (TPSA) is 141 Å². The van der Waals surface area contributed by atoms with E-state index in [9.17, 15) is 10.3 Å². The molecule has 0 unspecified atom stereocenters. The van der Waals surface area contributed by atoms with Crippen LogP contribution < -0.4 is 15.6 Å². The molecule has 46 heavy (non-hydrogen) atoms. The smallest absolute Gasteiger partial charge is 0.266 e. The number of aliphatic hydroxyl groups excluding tert-OH is 1. The Morgan fingerprint density at radius 1 is 1.07 bits per heavy atom. The molecule has 0 fully saturated rings. The summed E-state index contributed by atoms with van der Waals surface area (Å²) >= 11 is 15.9. The SMILES string of the molecule is [N-]=[N+]=Nc1ccccc1[C@@H]1OC(c2ccc(OCCCO)cc2)=N[C@]1(Cc1ccccc1Br)C(=O)NNCc1ccc(Cl)c(Cl)c1. The first-order valence-electron chi connectivity index (χ1n) is 14.3. The highest BCUT2D eigenvalue weighted by molar-refractivity contribution is 9.10. The molecule has 5 rings (SSSR count). The molecule has 1 heterocycles. The van der Waals surface area contributed by atoms with Gasteiger partial charge in [-0.2, -0.15) is 0 Å². The molecule has 1 amide bonds. The number of hydrogen-bond donors (Lipinski definition) is 3. The average Bonchev–Trinajstić information content (AvgIpc) is 3.45. The zero-order valence-electron chi connectivity index (χ0n) is 24.4. The molecule has 0 aromatic heterocycles. The first-order chi connectivity index (χ1) is 22.3. The lowest BCUT2D eigenvalue weighted by Gasteiger charge is -2.31. The van der Waals surface area contributed by atoms with Gasteiger partial charge in [-0.05, 0) is 59.1 Å². The van der Waals surface area contributed by atoms with Crippen LogP contribution in [-0.2, 0) is 22.5 Å². The van der Waals surface area contributed by atoms with E-state index in [1.54, 1.807) is 66.7 Å². The molecule has 0 spiro atoms. The van der Waals surface area contributed by atoms with Crippen molar-refractivity contribution in [1.29, 1.82) is 0 Å². The quantitative estimate of drug-likeness (QED) is 0.0425. The van der Waals surface area contributed by atoms with Crippen LogP contribution in [0.2, 0.25) is 10.0 Å². The van der Waals surface area contributed by atoms with E-state index in [2.05, 4.69) is 36.8 Å². The van der Waals surface area contributed by atoms with Gasteiger partial charge in [-0.25, -0.2) is 10.4 Å². The van der Waals surface area contributed by atoms with Crippen molar-refractivity contribution in [3.8, 4) is 5.75 Å². The lowest BCUT2D eigenvalue weighted by Crippen LogP contribution is -2.53. The van der Waals surface area contributed by atoms with Gasteiger partial charge in [0.25, 0.3) is 5.91 Å². The molecular weight excluding hydrogens is 695 g/mol. The van der Waals surface area contributed by atoms with Crippen LogP contribution >= 0.6 is 39.1 Å². The molecule has 4 aromatic rings. The largest absolute Gasteiger partial charge is 0.494 e.